The van der Waals surface area contributed by atoms with Crippen molar-refractivity contribution in [1.82, 2.24) is 14.5 Å². The number of hydrogen-bond acceptors (Lipinski definition) is 3. The van der Waals surface area contributed by atoms with Crippen LogP contribution in [0.1, 0.15) is 18.1 Å². The van der Waals surface area contributed by atoms with E-state index in [1.54, 1.807) is 18.0 Å². The van der Waals surface area contributed by atoms with Crippen LogP contribution in [-0.2, 0) is 24.3 Å². The van der Waals surface area contributed by atoms with Crippen molar-refractivity contribution in [3.8, 4) is 0 Å². The highest BCUT2D eigenvalue weighted by Gasteiger charge is 2.13. The molecule has 0 spiro atoms. The minimum Gasteiger partial charge on any atom is -0.340 e. The number of carbonyl (C=O) groups excluding carboxylic acids is 1. The molecular weight excluding hydrogens is 314 g/mol. The molecule has 5 heteroatoms. The van der Waals surface area contributed by atoms with Crippen LogP contribution >= 0.6 is 0 Å². The molecule has 0 aliphatic rings. The van der Waals surface area contributed by atoms with Gasteiger partial charge in [-0.3, -0.25) is 14.2 Å². The van der Waals surface area contributed by atoms with Crippen LogP contribution < -0.4 is 5.56 Å². The highest BCUT2D eigenvalue weighted by atomic mass is 16.2. The van der Waals surface area contributed by atoms with Crippen molar-refractivity contribution < 1.29 is 4.79 Å². The Morgan fingerprint density at radius 1 is 1.08 bits per heavy atom. The van der Waals surface area contributed by atoms with Crippen molar-refractivity contribution in [2.24, 2.45) is 0 Å². The molecule has 0 radical (unpaired) electrons. The van der Waals surface area contributed by atoms with Crippen molar-refractivity contribution in [2.75, 3.05) is 7.05 Å². The number of amides is 1. The van der Waals surface area contributed by atoms with Crippen LogP contribution in [0, 0.1) is 0 Å². The Balaban J connectivity index is 1.77. The molecule has 1 aromatic heterocycles. The lowest BCUT2D eigenvalue weighted by Gasteiger charge is -2.19. The summed E-state index contributed by atoms with van der Waals surface area (Å²) >= 11 is 0. The number of aryl methyl sites for hydroxylation is 1. The number of fused-ring (bicyclic) bond motifs is 1. The van der Waals surface area contributed by atoms with Crippen LogP contribution in [-0.4, -0.2) is 27.4 Å². The number of nitrogens with zero attached hydrogens (tertiary/aromatic N) is 3. The zero-order valence-electron chi connectivity index (χ0n) is 14.5. The summed E-state index contributed by atoms with van der Waals surface area (Å²) in [4.78, 5) is 30.5. The van der Waals surface area contributed by atoms with Crippen LogP contribution in [0.3, 0.4) is 0 Å². The largest absolute Gasteiger partial charge is 0.340 e. The van der Waals surface area contributed by atoms with E-state index in [4.69, 9.17) is 0 Å². The van der Waals surface area contributed by atoms with E-state index >= 15 is 0 Å². The third kappa shape index (κ3) is 3.76. The summed E-state index contributed by atoms with van der Waals surface area (Å²) in [5.41, 5.74) is 3.44. The second-order valence-electron chi connectivity index (χ2n) is 6.09. The zero-order chi connectivity index (χ0) is 17.8. The SMILES string of the molecule is CCc1ccc(CN(C)C(=O)Cn2c(=O)cnc3ccccc32)cc1. The number of hydrogen-bond donors (Lipinski definition) is 0. The fourth-order valence-corrected chi connectivity index (χ4v) is 2.78. The maximum absolute atomic E-state index is 12.6. The van der Waals surface area contributed by atoms with Crippen molar-refractivity contribution in [3.05, 3.63) is 76.2 Å². The molecule has 0 bridgehead atoms. The van der Waals surface area contributed by atoms with Gasteiger partial charge in [-0.15, -0.1) is 0 Å². The second kappa shape index (κ2) is 7.30. The van der Waals surface area contributed by atoms with Gasteiger partial charge in [0.2, 0.25) is 5.91 Å². The number of para-hydroxylation sites is 2. The minimum absolute atomic E-state index is 0.00537. The van der Waals surface area contributed by atoms with Gasteiger partial charge in [0.15, 0.2) is 0 Å². The van der Waals surface area contributed by atoms with Gasteiger partial charge in [-0.05, 0) is 29.7 Å². The van der Waals surface area contributed by atoms with E-state index in [0.717, 1.165) is 12.0 Å². The number of aromatic nitrogens is 2. The Bertz CT molecular complexity index is 945. The first-order valence-electron chi connectivity index (χ1n) is 8.35. The normalized spacial score (nSPS) is 10.8. The molecule has 0 unspecified atom stereocenters. The van der Waals surface area contributed by atoms with Gasteiger partial charge in [-0.2, -0.15) is 0 Å². The van der Waals surface area contributed by atoms with Crippen molar-refractivity contribution in [1.29, 1.82) is 0 Å². The molecule has 0 atom stereocenters. The molecule has 1 heterocycles. The van der Waals surface area contributed by atoms with Gasteiger partial charge in [-0.1, -0.05) is 43.3 Å². The fourth-order valence-electron chi connectivity index (χ4n) is 2.78. The van der Waals surface area contributed by atoms with E-state index in [-0.39, 0.29) is 18.0 Å². The van der Waals surface area contributed by atoms with Crippen molar-refractivity contribution in [2.45, 2.75) is 26.4 Å². The Morgan fingerprint density at radius 2 is 1.76 bits per heavy atom. The molecule has 25 heavy (non-hydrogen) atoms. The summed E-state index contributed by atoms with van der Waals surface area (Å²) in [5.74, 6) is -0.113. The predicted molar refractivity (Wildman–Crippen MR) is 98.3 cm³/mol. The van der Waals surface area contributed by atoms with Gasteiger partial charge in [0, 0.05) is 13.6 Å². The van der Waals surface area contributed by atoms with Gasteiger partial charge >= 0.3 is 0 Å². The molecule has 2 aromatic carbocycles. The number of benzene rings is 2. The highest BCUT2D eigenvalue weighted by Crippen LogP contribution is 2.10. The number of likely N-dealkylation sites (N-methyl/N-ethyl adjacent to an activating group) is 1. The van der Waals surface area contributed by atoms with Crippen LogP contribution in [0.15, 0.2) is 59.5 Å². The number of rotatable bonds is 5. The molecule has 0 aliphatic heterocycles. The molecule has 0 aliphatic carbocycles. The number of carbonyl (C=O) groups is 1. The topological polar surface area (TPSA) is 55.2 Å². The minimum atomic E-state index is -0.271. The van der Waals surface area contributed by atoms with Gasteiger partial charge in [0.1, 0.15) is 6.54 Å². The van der Waals surface area contributed by atoms with E-state index in [1.165, 1.54) is 16.3 Å². The standard InChI is InChI=1S/C20H21N3O2/c1-3-15-8-10-16(11-9-15)13-22(2)20(25)14-23-18-7-5-4-6-17(18)21-12-19(23)24/h4-12H,3,13-14H2,1-2H3. The summed E-state index contributed by atoms with van der Waals surface area (Å²) < 4.78 is 1.47. The van der Waals surface area contributed by atoms with Gasteiger partial charge in [0.25, 0.3) is 5.56 Å². The van der Waals surface area contributed by atoms with E-state index in [9.17, 15) is 9.59 Å². The van der Waals surface area contributed by atoms with Crippen LogP contribution in [0.25, 0.3) is 11.0 Å². The van der Waals surface area contributed by atoms with E-state index in [1.807, 2.05) is 30.3 Å². The van der Waals surface area contributed by atoms with E-state index in [2.05, 4.69) is 24.0 Å². The third-order valence-corrected chi connectivity index (χ3v) is 4.32. The molecule has 0 saturated carbocycles. The quantitative estimate of drug-likeness (QED) is 0.720. The Labute approximate surface area is 146 Å². The Morgan fingerprint density at radius 3 is 2.48 bits per heavy atom. The second-order valence-corrected chi connectivity index (χ2v) is 6.09. The van der Waals surface area contributed by atoms with Crippen molar-refractivity contribution in [3.63, 3.8) is 0 Å². The molecule has 0 fully saturated rings. The van der Waals surface area contributed by atoms with E-state index in [0.29, 0.717) is 17.6 Å². The lowest BCUT2D eigenvalue weighted by Crippen LogP contribution is -2.33. The highest BCUT2D eigenvalue weighted by molar-refractivity contribution is 5.79. The molecule has 128 valence electrons. The zero-order valence-corrected chi connectivity index (χ0v) is 14.5. The summed E-state index contributed by atoms with van der Waals surface area (Å²) in [6.45, 7) is 2.63. The third-order valence-electron chi connectivity index (χ3n) is 4.32. The first-order chi connectivity index (χ1) is 12.1. The van der Waals surface area contributed by atoms with Crippen molar-refractivity contribution >= 4 is 16.9 Å². The van der Waals surface area contributed by atoms with Gasteiger partial charge in [0.05, 0.1) is 17.2 Å². The fraction of sp³-hybridized carbons (Fsp3) is 0.250. The van der Waals surface area contributed by atoms with Gasteiger partial charge < -0.3 is 4.90 Å². The van der Waals surface area contributed by atoms with Crippen LogP contribution in [0.5, 0.6) is 0 Å². The first-order valence-corrected chi connectivity index (χ1v) is 8.35. The maximum Gasteiger partial charge on any atom is 0.269 e. The molecule has 0 saturated heterocycles. The lowest BCUT2D eigenvalue weighted by atomic mass is 10.1. The smallest absolute Gasteiger partial charge is 0.269 e. The molecule has 3 aromatic rings. The maximum atomic E-state index is 12.6. The molecular formula is C20H21N3O2. The molecule has 5 nitrogen and oxygen atoms in total. The molecule has 3 rings (SSSR count). The summed E-state index contributed by atoms with van der Waals surface area (Å²) in [7, 11) is 1.75. The Hall–Kier alpha value is -2.95. The van der Waals surface area contributed by atoms with Crippen LogP contribution in [0.4, 0.5) is 0 Å². The molecule has 1 amide bonds. The van der Waals surface area contributed by atoms with Crippen LogP contribution in [0.2, 0.25) is 0 Å². The summed E-state index contributed by atoms with van der Waals surface area (Å²) in [5, 5.41) is 0. The summed E-state index contributed by atoms with van der Waals surface area (Å²) in [6, 6.07) is 15.6. The average molecular weight is 335 g/mol. The lowest BCUT2D eigenvalue weighted by molar-refractivity contribution is -0.131. The summed E-state index contributed by atoms with van der Waals surface area (Å²) in [6.07, 6.45) is 2.26. The van der Waals surface area contributed by atoms with Gasteiger partial charge in [-0.25, -0.2) is 4.98 Å². The monoisotopic (exact) mass is 335 g/mol. The van der Waals surface area contributed by atoms with E-state index < -0.39 is 0 Å². The predicted octanol–water partition coefficient (Wildman–Crippen LogP) is 2.62. The first kappa shape index (κ1) is 16.9. The Kier molecular flexibility index (Phi) is 4.93. The average Bonchev–Trinajstić information content (AvgIpc) is 2.64. The molecule has 0 N–H and O–H groups in total.